The van der Waals surface area contributed by atoms with Crippen LogP contribution in [-0.2, 0) is 0 Å². The molecular weight excluding hydrogens is 272 g/mol. The second-order valence-electron chi connectivity index (χ2n) is 6.19. The maximum Gasteiger partial charge on any atom is 0.159 e. The van der Waals surface area contributed by atoms with E-state index < -0.39 is 0 Å². The number of aromatic nitrogens is 2. The monoisotopic (exact) mass is 296 g/mol. The van der Waals surface area contributed by atoms with Gasteiger partial charge in [0.25, 0.3) is 0 Å². The molecule has 0 bridgehead atoms. The fourth-order valence-corrected chi connectivity index (χ4v) is 3.34. The van der Waals surface area contributed by atoms with Crippen molar-refractivity contribution in [2.45, 2.75) is 44.9 Å². The first kappa shape index (κ1) is 15.0. The van der Waals surface area contributed by atoms with Crippen molar-refractivity contribution in [3.63, 3.8) is 0 Å². The van der Waals surface area contributed by atoms with Gasteiger partial charge < -0.3 is 4.74 Å². The van der Waals surface area contributed by atoms with Gasteiger partial charge in [0.1, 0.15) is 5.75 Å². The molecule has 3 nitrogen and oxygen atoms in total. The number of ether oxygens (including phenoxy) is 1. The lowest BCUT2D eigenvalue weighted by molar-refractivity contribution is 0.318. The molecule has 1 heterocycles. The van der Waals surface area contributed by atoms with Gasteiger partial charge in [-0.3, -0.25) is 0 Å². The topological polar surface area (TPSA) is 35.0 Å². The Kier molecular flexibility index (Phi) is 4.71. The molecule has 0 unspecified atom stereocenters. The Morgan fingerprint density at radius 1 is 1.00 bits per heavy atom. The van der Waals surface area contributed by atoms with Gasteiger partial charge in [-0.2, -0.15) is 0 Å². The summed E-state index contributed by atoms with van der Waals surface area (Å²) in [5.74, 6) is 3.21. The third-order valence-corrected chi connectivity index (χ3v) is 4.92. The van der Waals surface area contributed by atoms with E-state index in [1.165, 1.54) is 37.7 Å². The number of methoxy groups -OCH3 is 1. The maximum absolute atomic E-state index is 5.18. The zero-order valence-corrected chi connectivity index (χ0v) is 13.5. The summed E-state index contributed by atoms with van der Waals surface area (Å²) in [4.78, 5) is 9.13. The predicted molar refractivity (Wildman–Crippen MR) is 89.0 cm³/mol. The van der Waals surface area contributed by atoms with E-state index in [0.717, 1.165) is 23.1 Å². The molecule has 0 radical (unpaired) electrons. The highest BCUT2D eigenvalue weighted by Crippen LogP contribution is 2.36. The Labute approximate surface area is 132 Å². The molecule has 0 spiro atoms. The van der Waals surface area contributed by atoms with Crippen LogP contribution in [0.15, 0.2) is 36.7 Å². The molecule has 2 aromatic rings. The summed E-state index contributed by atoms with van der Waals surface area (Å²) in [5.41, 5.74) is 2.33. The van der Waals surface area contributed by atoms with Crippen LogP contribution in [0, 0.1) is 5.92 Å². The number of benzene rings is 1. The minimum atomic E-state index is 0.646. The number of nitrogens with zero attached hydrogens (tertiary/aromatic N) is 2. The normalized spacial score (nSPS) is 21.5. The Hall–Kier alpha value is -1.90. The van der Waals surface area contributed by atoms with E-state index in [4.69, 9.17) is 4.74 Å². The number of rotatable bonds is 4. The summed E-state index contributed by atoms with van der Waals surface area (Å²) < 4.78 is 5.18. The molecule has 1 aliphatic carbocycles. The van der Waals surface area contributed by atoms with Crippen LogP contribution in [0.2, 0.25) is 0 Å². The molecule has 3 heteroatoms. The molecule has 0 saturated heterocycles. The summed E-state index contributed by atoms with van der Waals surface area (Å²) in [5, 5.41) is 0. The summed E-state index contributed by atoms with van der Waals surface area (Å²) in [6, 6.07) is 7.89. The Balaban J connectivity index is 1.69. The third kappa shape index (κ3) is 3.29. The Morgan fingerprint density at radius 3 is 2.18 bits per heavy atom. The molecule has 1 fully saturated rings. The lowest BCUT2D eigenvalue weighted by Gasteiger charge is -2.27. The first-order valence-electron chi connectivity index (χ1n) is 8.26. The highest BCUT2D eigenvalue weighted by Gasteiger charge is 2.21. The molecule has 116 valence electrons. The van der Waals surface area contributed by atoms with Gasteiger partial charge in [-0.25, -0.2) is 9.97 Å². The van der Waals surface area contributed by atoms with Crippen LogP contribution in [0.3, 0.4) is 0 Å². The summed E-state index contributed by atoms with van der Waals surface area (Å²) in [7, 11) is 1.67. The minimum Gasteiger partial charge on any atom is -0.497 e. The van der Waals surface area contributed by atoms with Gasteiger partial charge in [-0.05, 0) is 67.3 Å². The summed E-state index contributed by atoms with van der Waals surface area (Å²) in [6.07, 6.45) is 10.6. The van der Waals surface area contributed by atoms with Crippen molar-refractivity contribution in [2.75, 3.05) is 7.11 Å². The van der Waals surface area contributed by atoms with E-state index in [0.29, 0.717) is 5.92 Å². The van der Waals surface area contributed by atoms with Crippen LogP contribution in [-0.4, -0.2) is 17.1 Å². The van der Waals surface area contributed by atoms with Gasteiger partial charge in [0, 0.05) is 18.0 Å². The number of hydrogen-bond acceptors (Lipinski definition) is 3. The van der Waals surface area contributed by atoms with E-state index >= 15 is 0 Å². The van der Waals surface area contributed by atoms with Gasteiger partial charge in [0.05, 0.1) is 7.11 Å². The minimum absolute atomic E-state index is 0.646. The van der Waals surface area contributed by atoms with E-state index in [2.05, 4.69) is 16.9 Å². The molecule has 1 aliphatic rings. The molecule has 3 rings (SSSR count). The molecule has 1 aromatic heterocycles. The zero-order valence-electron chi connectivity index (χ0n) is 13.5. The molecule has 0 aliphatic heterocycles. The van der Waals surface area contributed by atoms with Gasteiger partial charge in [-0.1, -0.05) is 13.3 Å². The van der Waals surface area contributed by atoms with E-state index in [1.54, 1.807) is 7.11 Å². The van der Waals surface area contributed by atoms with Gasteiger partial charge >= 0.3 is 0 Å². The largest absolute Gasteiger partial charge is 0.497 e. The van der Waals surface area contributed by atoms with Crippen LogP contribution in [0.1, 0.15) is 50.5 Å². The first-order chi connectivity index (χ1) is 10.8. The van der Waals surface area contributed by atoms with Crippen molar-refractivity contribution in [1.29, 1.82) is 0 Å². The van der Waals surface area contributed by atoms with Gasteiger partial charge in [0.2, 0.25) is 0 Å². The van der Waals surface area contributed by atoms with Crippen molar-refractivity contribution in [3.05, 3.63) is 42.2 Å². The van der Waals surface area contributed by atoms with Crippen molar-refractivity contribution in [1.82, 2.24) is 9.97 Å². The SMILES string of the molecule is CC[C@H]1CC[C@H](c2cnc(-c3ccc(OC)cc3)nc2)CC1. The second kappa shape index (κ2) is 6.91. The van der Waals surface area contributed by atoms with Crippen LogP contribution in [0.4, 0.5) is 0 Å². The first-order valence-corrected chi connectivity index (χ1v) is 8.26. The van der Waals surface area contributed by atoms with Crippen molar-refractivity contribution in [3.8, 4) is 17.1 Å². The van der Waals surface area contributed by atoms with E-state index in [9.17, 15) is 0 Å². The zero-order chi connectivity index (χ0) is 15.4. The molecule has 22 heavy (non-hydrogen) atoms. The highest BCUT2D eigenvalue weighted by atomic mass is 16.5. The third-order valence-electron chi connectivity index (χ3n) is 4.92. The van der Waals surface area contributed by atoms with E-state index in [1.807, 2.05) is 36.7 Å². The van der Waals surface area contributed by atoms with Crippen LogP contribution in [0.5, 0.6) is 5.75 Å². The van der Waals surface area contributed by atoms with Crippen LogP contribution in [0.25, 0.3) is 11.4 Å². The van der Waals surface area contributed by atoms with Crippen molar-refractivity contribution in [2.24, 2.45) is 5.92 Å². The van der Waals surface area contributed by atoms with Gasteiger partial charge in [-0.15, -0.1) is 0 Å². The quantitative estimate of drug-likeness (QED) is 0.810. The second-order valence-corrected chi connectivity index (χ2v) is 6.19. The lowest BCUT2D eigenvalue weighted by atomic mass is 9.78. The molecule has 0 amide bonds. The molecule has 0 atom stereocenters. The standard InChI is InChI=1S/C19H24N2O/c1-3-14-4-6-15(7-5-14)17-12-20-19(21-13-17)16-8-10-18(22-2)11-9-16/h8-15H,3-7H2,1-2H3/t14-,15-. The Bertz CT molecular complexity index is 584. The molecule has 1 saturated carbocycles. The fraction of sp³-hybridized carbons (Fsp3) is 0.474. The average molecular weight is 296 g/mol. The number of hydrogen-bond donors (Lipinski definition) is 0. The van der Waals surface area contributed by atoms with Crippen LogP contribution < -0.4 is 4.74 Å². The molecule has 0 N–H and O–H groups in total. The van der Waals surface area contributed by atoms with E-state index in [-0.39, 0.29) is 0 Å². The smallest absolute Gasteiger partial charge is 0.159 e. The maximum atomic E-state index is 5.18. The van der Waals surface area contributed by atoms with Crippen molar-refractivity contribution >= 4 is 0 Å². The van der Waals surface area contributed by atoms with Crippen LogP contribution >= 0.6 is 0 Å². The summed E-state index contributed by atoms with van der Waals surface area (Å²) >= 11 is 0. The highest BCUT2D eigenvalue weighted by molar-refractivity contribution is 5.55. The lowest BCUT2D eigenvalue weighted by Crippen LogP contribution is -2.13. The Morgan fingerprint density at radius 2 is 1.64 bits per heavy atom. The van der Waals surface area contributed by atoms with Gasteiger partial charge in [0.15, 0.2) is 5.82 Å². The fourth-order valence-electron chi connectivity index (χ4n) is 3.34. The molecular formula is C19H24N2O. The van der Waals surface area contributed by atoms with Crippen molar-refractivity contribution < 1.29 is 4.74 Å². The molecule has 1 aromatic carbocycles. The average Bonchev–Trinajstić information content (AvgIpc) is 2.62. The summed E-state index contributed by atoms with van der Waals surface area (Å²) in [6.45, 7) is 2.30. The predicted octanol–water partition coefficient (Wildman–Crippen LogP) is 4.84.